The molecule has 0 heterocycles. The van der Waals surface area contributed by atoms with Crippen molar-refractivity contribution in [3.05, 3.63) is 83.4 Å². The van der Waals surface area contributed by atoms with Crippen molar-refractivity contribution in [3.8, 4) is 0 Å². The number of benzene rings is 3. The first kappa shape index (κ1) is 21.9. The largest absolute Gasteiger partial charge is 0.321 e. The third-order valence-corrected chi connectivity index (χ3v) is 6.92. The second kappa shape index (κ2) is 9.36. The van der Waals surface area contributed by atoms with Gasteiger partial charge in [0.2, 0.25) is 0 Å². The van der Waals surface area contributed by atoms with Crippen LogP contribution >= 0.6 is 11.8 Å². The molecule has 0 fully saturated rings. The molecule has 0 saturated carbocycles. The molecule has 0 aromatic heterocycles. The van der Waals surface area contributed by atoms with Crippen molar-refractivity contribution in [1.82, 2.24) is 0 Å². The summed E-state index contributed by atoms with van der Waals surface area (Å²) in [4.78, 5) is 13.9. The summed E-state index contributed by atoms with van der Waals surface area (Å²) in [7, 11) is -3.84. The average molecular weight is 441 g/mol. The molecule has 0 unspecified atom stereocenters. The predicted molar refractivity (Wildman–Crippen MR) is 124 cm³/mol. The topological polar surface area (TPSA) is 75.3 Å². The van der Waals surface area contributed by atoms with E-state index in [9.17, 15) is 13.2 Å². The highest BCUT2D eigenvalue weighted by molar-refractivity contribution is 7.99. The van der Waals surface area contributed by atoms with Crippen LogP contribution < -0.4 is 10.0 Å². The molecule has 0 aliphatic rings. The Bertz CT molecular complexity index is 1170. The molecule has 3 rings (SSSR count). The Labute approximate surface area is 182 Å². The molecule has 2 N–H and O–H groups in total. The van der Waals surface area contributed by atoms with Crippen molar-refractivity contribution in [2.45, 2.75) is 30.6 Å². The molecule has 1 amide bonds. The fourth-order valence-corrected chi connectivity index (χ4v) is 5.08. The third-order valence-electron chi connectivity index (χ3n) is 4.45. The smallest absolute Gasteiger partial charge is 0.262 e. The van der Waals surface area contributed by atoms with Crippen molar-refractivity contribution in [3.63, 3.8) is 0 Å². The number of para-hydroxylation sites is 1. The summed E-state index contributed by atoms with van der Waals surface area (Å²) in [6.45, 7) is 5.64. The van der Waals surface area contributed by atoms with Crippen LogP contribution in [0.15, 0.2) is 76.5 Å². The van der Waals surface area contributed by atoms with E-state index < -0.39 is 10.0 Å². The Kier molecular flexibility index (Phi) is 6.84. The first-order chi connectivity index (χ1) is 14.3. The van der Waals surface area contributed by atoms with Gasteiger partial charge in [-0.2, -0.15) is 0 Å². The van der Waals surface area contributed by atoms with E-state index >= 15 is 0 Å². The number of rotatable bonds is 7. The van der Waals surface area contributed by atoms with Gasteiger partial charge in [0.25, 0.3) is 15.9 Å². The van der Waals surface area contributed by atoms with E-state index in [1.807, 2.05) is 44.2 Å². The minimum Gasteiger partial charge on any atom is -0.321 e. The summed E-state index contributed by atoms with van der Waals surface area (Å²) >= 11 is 1.63. The average Bonchev–Trinajstić information content (AvgIpc) is 2.69. The molecule has 0 atom stereocenters. The van der Waals surface area contributed by atoms with E-state index in [0.29, 0.717) is 16.9 Å². The number of amides is 1. The first-order valence-corrected chi connectivity index (χ1v) is 12.0. The van der Waals surface area contributed by atoms with Gasteiger partial charge in [0, 0.05) is 16.1 Å². The second-order valence-electron chi connectivity index (χ2n) is 6.84. The van der Waals surface area contributed by atoms with E-state index in [1.54, 1.807) is 49.0 Å². The molecule has 156 valence electrons. The molecule has 0 aliphatic heterocycles. The standard InChI is InChI=1S/C23H24N2O3S2/c1-4-29-21-11-6-5-10-20(21)24-23(26)18-13-12-17(3)22(15-18)30(27,28)25-19-9-7-8-16(2)14-19/h5-15,25H,4H2,1-3H3,(H,24,26). The molecule has 5 nitrogen and oxygen atoms in total. The summed E-state index contributed by atoms with van der Waals surface area (Å²) in [5, 5.41) is 2.89. The van der Waals surface area contributed by atoms with Crippen LogP contribution in [0.2, 0.25) is 0 Å². The Hall–Kier alpha value is -2.77. The summed E-state index contributed by atoms with van der Waals surface area (Å²) in [6.07, 6.45) is 0. The van der Waals surface area contributed by atoms with Crippen LogP contribution in [0.5, 0.6) is 0 Å². The zero-order valence-corrected chi connectivity index (χ0v) is 18.7. The number of sulfonamides is 1. The first-order valence-electron chi connectivity index (χ1n) is 9.53. The molecular formula is C23H24N2O3S2. The zero-order chi connectivity index (χ0) is 21.7. The number of carbonyl (C=O) groups excluding carboxylic acids is 1. The monoisotopic (exact) mass is 440 g/mol. The van der Waals surface area contributed by atoms with Gasteiger partial charge in [-0.3, -0.25) is 9.52 Å². The highest BCUT2D eigenvalue weighted by Crippen LogP contribution is 2.27. The van der Waals surface area contributed by atoms with Gasteiger partial charge in [0.1, 0.15) is 0 Å². The lowest BCUT2D eigenvalue weighted by molar-refractivity contribution is 0.102. The minimum atomic E-state index is -3.84. The van der Waals surface area contributed by atoms with Gasteiger partial charge in [0.05, 0.1) is 10.6 Å². The molecule has 30 heavy (non-hydrogen) atoms. The van der Waals surface area contributed by atoms with Gasteiger partial charge in [-0.05, 0) is 67.1 Å². The number of nitrogens with one attached hydrogen (secondary N) is 2. The van der Waals surface area contributed by atoms with Gasteiger partial charge in [-0.25, -0.2) is 8.42 Å². The van der Waals surface area contributed by atoms with E-state index in [4.69, 9.17) is 0 Å². The van der Waals surface area contributed by atoms with E-state index in [0.717, 1.165) is 16.2 Å². The minimum absolute atomic E-state index is 0.0767. The lowest BCUT2D eigenvalue weighted by atomic mass is 10.1. The van der Waals surface area contributed by atoms with Crippen LogP contribution in [-0.4, -0.2) is 20.1 Å². The molecule has 0 aliphatic carbocycles. The highest BCUT2D eigenvalue weighted by Gasteiger charge is 2.20. The van der Waals surface area contributed by atoms with Crippen molar-refractivity contribution < 1.29 is 13.2 Å². The van der Waals surface area contributed by atoms with Crippen LogP contribution in [0.3, 0.4) is 0 Å². The van der Waals surface area contributed by atoms with Crippen LogP contribution in [-0.2, 0) is 10.0 Å². The molecular weight excluding hydrogens is 416 g/mol. The molecule has 0 radical (unpaired) electrons. The fraction of sp³-hybridized carbons (Fsp3) is 0.174. The maximum atomic E-state index is 13.0. The van der Waals surface area contributed by atoms with Gasteiger partial charge in [-0.1, -0.05) is 37.3 Å². The maximum Gasteiger partial charge on any atom is 0.262 e. The Morgan fingerprint density at radius 2 is 1.73 bits per heavy atom. The molecule has 0 saturated heterocycles. The highest BCUT2D eigenvalue weighted by atomic mass is 32.2. The molecule has 3 aromatic rings. The summed E-state index contributed by atoms with van der Waals surface area (Å²) in [6, 6.07) is 19.4. The third kappa shape index (κ3) is 5.23. The van der Waals surface area contributed by atoms with Crippen LogP contribution in [0.4, 0.5) is 11.4 Å². The van der Waals surface area contributed by atoms with E-state index in [2.05, 4.69) is 10.0 Å². The fourth-order valence-electron chi connectivity index (χ4n) is 3.00. The van der Waals surface area contributed by atoms with Crippen molar-refractivity contribution in [1.29, 1.82) is 0 Å². The van der Waals surface area contributed by atoms with Crippen LogP contribution in [0, 0.1) is 13.8 Å². The number of aryl methyl sites for hydroxylation is 2. The number of anilines is 2. The lowest BCUT2D eigenvalue weighted by Gasteiger charge is -2.13. The van der Waals surface area contributed by atoms with Crippen molar-refractivity contribution in [2.75, 3.05) is 15.8 Å². The van der Waals surface area contributed by atoms with Gasteiger partial charge < -0.3 is 5.32 Å². The molecule has 3 aromatic carbocycles. The lowest BCUT2D eigenvalue weighted by Crippen LogP contribution is -2.17. The van der Waals surface area contributed by atoms with Gasteiger partial charge >= 0.3 is 0 Å². The Morgan fingerprint density at radius 1 is 0.967 bits per heavy atom. The van der Waals surface area contributed by atoms with Gasteiger partial charge in [-0.15, -0.1) is 11.8 Å². The van der Waals surface area contributed by atoms with Gasteiger partial charge in [0.15, 0.2) is 0 Å². The number of hydrogen-bond donors (Lipinski definition) is 2. The number of hydrogen-bond acceptors (Lipinski definition) is 4. The van der Waals surface area contributed by atoms with Crippen LogP contribution in [0.1, 0.15) is 28.4 Å². The normalized spacial score (nSPS) is 11.2. The number of carbonyl (C=O) groups is 1. The van der Waals surface area contributed by atoms with Crippen molar-refractivity contribution >= 4 is 39.1 Å². The van der Waals surface area contributed by atoms with E-state index in [1.165, 1.54) is 6.07 Å². The Balaban J connectivity index is 1.88. The molecule has 7 heteroatoms. The summed E-state index contributed by atoms with van der Waals surface area (Å²) < 4.78 is 28.5. The SMILES string of the molecule is CCSc1ccccc1NC(=O)c1ccc(C)c(S(=O)(=O)Nc2cccc(C)c2)c1. The Morgan fingerprint density at radius 3 is 2.47 bits per heavy atom. The maximum absolute atomic E-state index is 13.0. The summed E-state index contributed by atoms with van der Waals surface area (Å²) in [5.41, 5.74) is 2.98. The van der Waals surface area contributed by atoms with Crippen molar-refractivity contribution in [2.24, 2.45) is 0 Å². The van der Waals surface area contributed by atoms with Crippen LogP contribution in [0.25, 0.3) is 0 Å². The molecule has 0 bridgehead atoms. The molecule has 0 spiro atoms. The predicted octanol–water partition coefficient (Wildman–Crippen LogP) is 5.47. The quantitative estimate of drug-likeness (QED) is 0.478. The van der Waals surface area contributed by atoms with E-state index in [-0.39, 0.29) is 16.4 Å². The number of thioether (sulfide) groups is 1. The summed E-state index contributed by atoms with van der Waals surface area (Å²) in [5.74, 6) is 0.524. The zero-order valence-electron chi connectivity index (χ0n) is 17.1. The second-order valence-corrected chi connectivity index (χ2v) is 9.80.